The van der Waals surface area contributed by atoms with Crippen LogP contribution in [0.5, 0.6) is 17.2 Å². The van der Waals surface area contributed by atoms with Gasteiger partial charge in [-0.15, -0.1) is 21.5 Å². The Morgan fingerprint density at radius 2 is 1.59 bits per heavy atom. The van der Waals surface area contributed by atoms with Gasteiger partial charge in [-0.2, -0.15) is 0 Å². The molecule has 0 unspecified atom stereocenters. The minimum absolute atomic E-state index is 0.514. The summed E-state index contributed by atoms with van der Waals surface area (Å²) < 4.78 is 18.5. The van der Waals surface area contributed by atoms with Gasteiger partial charge in [-0.25, -0.2) is 0 Å². The van der Waals surface area contributed by atoms with E-state index in [4.69, 9.17) is 19.2 Å². The molecule has 1 aliphatic rings. The lowest BCUT2D eigenvalue weighted by atomic mass is 9.99. The van der Waals surface area contributed by atoms with Gasteiger partial charge in [-0.3, -0.25) is 9.56 Å². The molecule has 2 aromatic carbocycles. The van der Waals surface area contributed by atoms with Crippen molar-refractivity contribution in [3.8, 4) is 22.2 Å². The summed E-state index contributed by atoms with van der Waals surface area (Å²) in [6.45, 7) is 2.49. The molecule has 34 heavy (non-hydrogen) atoms. The van der Waals surface area contributed by atoms with Gasteiger partial charge < -0.3 is 14.2 Å². The van der Waals surface area contributed by atoms with Crippen LogP contribution >= 0.6 is 11.3 Å². The molecule has 0 amide bonds. The first kappa shape index (κ1) is 22.2. The van der Waals surface area contributed by atoms with Crippen molar-refractivity contribution >= 4 is 17.0 Å². The lowest BCUT2D eigenvalue weighted by molar-refractivity contribution is 0.324. The molecule has 0 spiro atoms. The zero-order valence-electron chi connectivity index (χ0n) is 19.7. The molecule has 0 N–H and O–H groups in total. The molecule has 0 bridgehead atoms. The molecule has 4 aromatic rings. The van der Waals surface area contributed by atoms with Crippen LogP contribution in [0.2, 0.25) is 0 Å². The summed E-state index contributed by atoms with van der Waals surface area (Å²) >= 11 is 1.69. The van der Waals surface area contributed by atoms with E-state index in [-0.39, 0.29) is 0 Å². The molecule has 0 radical (unpaired) electrons. The lowest BCUT2D eigenvalue weighted by Gasteiger charge is -2.14. The molecule has 0 saturated carbocycles. The van der Waals surface area contributed by atoms with E-state index in [1.54, 1.807) is 32.7 Å². The van der Waals surface area contributed by atoms with Gasteiger partial charge in [0.1, 0.15) is 17.4 Å². The van der Waals surface area contributed by atoms with Crippen molar-refractivity contribution in [2.45, 2.75) is 26.3 Å². The average molecular weight is 475 g/mol. The van der Waals surface area contributed by atoms with Gasteiger partial charge in [0.05, 0.1) is 27.0 Å². The van der Waals surface area contributed by atoms with Crippen molar-refractivity contribution in [2.24, 2.45) is 4.99 Å². The Morgan fingerprint density at radius 3 is 2.26 bits per heavy atom. The van der Waals surface area contributed by atoms with Crippen molar-refractivity contribution in [1.82, 2.24) is 14.8 Å². The monoisotopic (exact) mass is 474 g/mol. The summed E-state index contributed by atoms with van der Waals surface area (Å²) in [6.07, 6.45) is 1.76. The van der Waals surface area contributed by atoms with E-state index in [1.165, 1.54) is 5.56 Å². The van der Waals surface area contributed by atoms with Crippen molar-refractivity contribution in [3.63, 3.8) is 0 Å². The number of aromatic nitrogens is 3. The highest BCUT2D eigenvalue weighted by Gasteiger charge is 2.22. The number of aryl methyl sites for hydroxylation is 3. The SMILES string of the molecule is COc1cc(CCc2ccc(C3=NCc4nnc(C)n4-c4sccc43)cc2)cc(OC)c1OC. The number of aliphatic imine (C=N–C) groups is 1. The fourth-order valence-electron chi connectivity index (χ4n) is 4.31. The Bertz CT molecular complexity index is 1330. The van der Waals surface area contributed by atoms with Crippen LogP contribution in [0.15, 0.2) is 52.8 Å². The Balaban J connectivity index is 1.36. The number of ether oxygens (including phenoxy) is 3. The summed E-state index contributed by atoms with van der Waals surface area (Å²) in [7, 11) is 4.89. The third kappa shape index (κ3) is 3.94. The first-order valence-corrected chi connectivity index (χ1v) is 11.9. The van der Waals surface area contributed by atoms with Crippen LogP contribution in [0.1, 0.15) is 33.9 Å². The molecule has 0 saturated heterocycles. The molecule has 2 aromatic heterocycles. The van der Waals surface area contributed by atoms with E-state index in [2.05, 4.69) is 50.5 Å². The first-order valence-electron chi connectivity index (χ1n) is 11.0. The van der Waals surface area contributed by atoms with Crippen LogP contribution in [-0.4, -0.2) is 41.8 Å². The zero-order valence-corrected chi connectivity index (χ0v) is 20.5. The van der Waals surface area contributed by atoms with Crippen LogP contribution in [0.25, 0.3) is 5.00 Å². The number of methoxy groups -OCH3 is 3. The standard InChI is InChI=1S/C26H26N4O3S/c1-16-28-29-23-15-27-24(20-11-12-34-26(20)30(16)23)19-9-7-17(8-10-19)5-6-18-13-21(31-2)25(33-4)22(14-18)32-3/h7-14H,5-6,15H2,1-4H3. The minimum Gasteiger partial charge on any atom is -0.493 e. The number of hydrogen-bond acceptors (Lipinski definition) is 7. The first-order chi connectivity index (χ1) is 16.6. The molecule has 7 nitrogen and oxygen atoms in total. The van der Waals surface area contributed by atoms with Gasteiger partial charge in [0.15, 0.2) is 17.3 Å². The maximum absolute atomic E-state index is 5.48. The fourth-order valence-corrected chi connectivity index (χ4v) is 5.27. The second kappa shape index (κ2) is 9.30. The summed E-state index contributed by atoms with van der Waals surface area (Å²) in [5.74, 6) is 3.73. The third-order valence-corrected chi connectivity index (χ3v) is 6.93. The van der Waals surface area contributed by atoms with E-state index >= 15 is 0 Å². The molecule has 174 valence electrons. The minimum atomic E-state index is 0.514. The molecule has 0 aliphatic carbocycles. The largest absolute Gasteiger partial charge is 0.493 e. The van der Waals surface area contributed by atoms with Crippen molar-refractivity contribution in [2.75, 3.05) is 21.3 Å². The second-order valence-corrected chi connectivity index (χ2v) is 8.93. The van der Waals surface area contributed by atoms with Crippen LogP contribution < -0.4 is 14.2 Å². The zero-order chi connectivity index (χ0) is 23.7. The van der Waals surface area contributed by atoms with Crippen LogP contribution in [0.3, 0.4) is 0 Å². The highest BCUT2D eigenvalue weighted by Crippen LogP contribution is 2.38. The van der Waals surface area contributed by atoms with E-state index in [1.807, 2.05) is 19.1 Å². The average Bonchev–Trinajstić information content (AvgIpc) is 3.45. The second-order valence-electron chi connectivity index (χ2n) is 8.03. The van der Waals surface area contributed by atoms with Gasteiger partial charge >= 0.3 is 0 Å². The van der Waals surface area contributed by atoms with E-state index in [0.717, 1.165) is 51.9 Å². The molecule has 0 fully saturated rings. The quantitative estimate of drug-likeness (QED) is 0.385. The molecule has 1 aliphatic heterocycles. The predicted octanol–water partition coefficient (Wildman–Crippen LogP) is 4.80. The van der Waals surface area contributed by atoms with Gasteiger partial charge in [-0.1, -0.05) is 24.3 Å². The van der Waals surface area contributed by atoms with E-state index in [0.29, 0.717) is 23.8 Å². The molecule has 0 atom stereocenters. The third-order valence-electron chi connectivity index (χ3n) is 6.03. The number of nitrogens with zero attached hydrogens (tertiary/aromatic N) is 4. The summed E-state index contributed by atoms with van der Waals surface area (Å²) in [5, 5.41) is 11.8. The highest BCUT2D eigenvalue weighted by molar-refractivity contribution is 7.13. The normalized spacial score (nSPS) is 12.4. The molecule has 3 heterocycles. The highest BCUT2D eigenvalue weighted by atomic mass is 32.1. The Kier molecular flexibility index (Phi) is 6.06. The van der Waals surface area contributed by atoms with E-state index < -0.39 is 0 Å². The van der Waals surface area contributed by atoms with Gasteiger partial charge in [0.25, 0.3) is 0 Å². The number of hydrogen-bond donors (Lipinski definition) is 0. The molecule has 5 rings (SSSR count). The maximum atomic E-state index is 5.48. The molecular formula is C26H26N4O3S. The number of fused-ring (bicyclic) bond motifs is 3. The maximum Gasteiger partial charge on any atom is 0.203 e. The lowest BCUT2D eigenvalue weighted by Crippen LogP contribution is -2.05. The summed E-state index contributed by atoms with van der Waals surface area (Å²) in [6, 6.07) is 14.8. The van der Waals surface area contributed by atoms with Crippen molar-refractivity contribution < 1.29 is 14.2 Å². The van der Waals surface area contributed by atoms with Gasteiger partial charge in [0, 0.05) is 11.1 Å². The Labute approximate surface area is 202 Å². The number of rotatable bonds is 7. The van der Waals surface area contributed by atoms with Crippen LogP contribution in [-0.2, 0) is 19.4 Å². The molecular weight excluding hydrogens is 448 g/mol. The Morgan fingerprint density at radius 1 is 0.882 bits per heavy atom. The molecule has 8 heteroatoms. The number of benzene rings is 2. The number of thiophene rings is 1. The van der Waals surface area contributed by atoms with Crippen molar-refractivity contribution in [3.05, 3.63) is 81.7 Å². The van der Waals surface area contributed by atoms with Crippen LogP contribution in [0, 0.1) is 6.92 Å². The predicted molar refractivity (Wildman–Crippen MR) is 133 cm³/mol. The van der Waals surface area contributed by atoms with Gasteiger partial charge in [0.2, 0.25) is 5.75 Å². The fraction of sp³-hybridized carbons (Fsp3) is 0.269. The van der Waals surface area contributed by atoms with Crippen molar-refractivity contribution in [1.29, 1.82) is 0 Å². The van der Waals surface area contributed by atoms with E-state index in [9.17, 15) is 0 Å². The summed E-state index contributed by atoms with van der Waals surface area (Å²) in [4.78, 5) is 4.90. The van der Waals surface area contributed by atoms with Crippen LogP contribution in [0.4, 0.5) is 0 Å². The topological polar surface area (TPSA) is 70.8 Å². The summed E-state index contributed by atoms with van der Waals surface area (Å²) in [5.41, 5.74) is 5.61. The smallest absolute Gasteiger partial charge is 0.203 e. The van der Waals surface area contributed by atoms with Gasteiger partial charge in [-0.05, 0) is 54.5 Å². The Hall–Kier alpha value is -3.65.